The van der Waals surface area contributed by atoms with Gasteiger partial charge in [-0.25, -0.2) is 4.98 Å². The molecule has 1 aliphatic carbocycles. The van der Waals surface area contributed by atoms with Gasteiger partial charge < -0.3 is 5.32 Å². The van der Waals surface area contributed by atoms with Crippen LogP contribution in [0.1, 0.15) is 39.3 Å². The summed E-state index contributed by atoms with van der Waals surface area (Å²) in [5, 5.41) is 5.72. The van der Waals surface area contributed by atoms with Crippen molar-refractivity contribution in [2.45, 2.75) is 45.6 Å². The number of fused-ring (bicyclic) bond motifs is 1. The fraction of sp³-hybridized carbons (Fsp3) is 0.643. The van der Waals surface area contributed by atoms with Gasteiger partial charge in [0, 0.05) is 29.9 Å². The maximum atomic E-state index is 4.70. The lowest BCUT2D eigenvalue weighted by atomic mass is 9.98. The molecule has 1 N–H and O–H groups in total. The van der Waals surface area contributed by atoms with Crippen molar-refractivity contribution in [3.05, 3.63) is 23.5 Å². The zero-order valence-electron chi connectivity index (χ0n) is 11.4. The van der Waals surface area contributed by atoms with Crippen molar-refractivity contribution in [2.24, 2.45) is 5.41 Å². The number of imidazole rings is 1. The summed E-state index contributed by atoms with van der Waals surface area (Å²) in [6, 6.07) is 0. The minimum absolute atomic E-state index is 0.212. The Morgan fingerprint density at radius 3 is 2.83 bits per heavy atom. The quantitative estimate of drug-likeness (QED) is 0.918. The second kappa shape index (κ2) is 4.07. The molecule has 2 aromatic rings. The number of nitrogens with zero attached hydrogens (tertiary/aromatic N) is 2. The van der Waals surface area contributed by atoms with Crippen molar-refractivity contribution >= 4 is 16.3 Å². The van der Waals surface area contributed by atoms with E-state index in [1.165, 1.54) is 18.5 Å². The van der Waals surface area contributed by atoms with Gasteiger partial charge in [-0.3, -0.25) is 4.40 Å². The van der Waals surface area contributed by atoms with E-state index < -0.39 is 0 Å². The van der Waals surface area contributed by atoms with Gasteiger partial charge in [-0.05, 0) is 45.4 Å². The first-order valence-corrected chi connectivity index (χ1v) is 7.50. The summed E-state index contributed by atoms with van der Waals surface area (Å²) in [5.74, 6) is 0. The molecule has 0 spiro atoms. The molecule has 0 radical (unpaired) electrons. The molecule has 0 saturated heterocycles. The Bertz CT molecular complexity index is 514. The average Bonchev–Trinajstić information content (AvgIpc) is 2.69. The van der Waals surface area contributed by atoms with Crippen molar-refractivity contribution < 1.29 is 0 Å². The van der Waals surface area contributed by atoms with E-state index in [0.29, 0.717) is 5.41 Å². The monoisotopic (exact) mass is 263 g/mol. The van der Waals surface area contributed by atoms with Gasteiger partial charge in [0.15, 0.2) is 4.96 Å². The van der Waals surface area contributed by atoms with Crippen LogP contribution >= 0.6 is 11.3 Å². The summed E-state index contributed by atoms with van der Waals surface area (Å²) in [7, 11) is 0. The van der Waals surface area contributed by atoms with E-state index in [1.807, 2.05) is 0 Å². The number of thiazole rings is 1. The molecule has 0 aromatic carbocycles. The van der Waals surface area contributed by atoms with Crippen LogP contribution < -0.4 is 5.32 Å². The Kier molecular flexibility index (Phi) is 2.75. The van der Waals surface area contributed by atoms with Crippen LogP contribution in [-0.4, -0.2) is 21.5 Å². The van der Waals surface area contributed by atoms with Crippen LogP contribution in [0, 0.1) is 5.41 Å². The van der Waals surface area contributed by atoms with E-state index in [4.69, 9.17) is 4.98 Å². The molecule has 0 unspecified atom stereocenters. The van der Waals surface area contributed by atoms with Crippen molar-refractivity contribution in [3.63, 3.8) is 0 Å². The number of nitrogens with one attached hydrogen (secondary N) is 1. The molecule has 2 heterocycles. The normalized spacial score (nSPS) is 18.4. The summed E-state index contributed by atoms with van der Waals surface area (Å²) in [6.07, 6.45) is 8.06. The third kappa shape index (κ3) is 2.59. The molecule has 3 rings (SSSR count). The van der Waals surface area contributed by atoms with Crippen molar-refractivity contribution in [1.29, 1.82) is 0 Å². The smallest absolute Gasteiger partial charge is 0.193 e. The SMILES string of the molecule is CC(C)(C)NCC1(Cc2cn3ccsc3n2)CC1. The van der Waals surface area contributed by atoms with Crippen LogP contribution in [-0.2, 0) is 6.42 Å². The van der Waals surface area contributed by atoms with E-state index >= 15 is 0 Å². The van der Waals surface area contributed by atoms with Crippen LogP contribution in [0.3, 0.4) is 0 Å². The van der Waals surface area contributed by atoms with Crippen LogP contribution in [0.4, 0.5) is 0 Å². The predicted octanol–water partition coefficient (Wildman–Crippen LogP) is 3.11. The molecule has 0 amide bonds. The van der Waals surface area contributed by atoms with Gasteiger partial charge >= 0.3 is 0 Å². The van der Waals surface area contributed by atoms with Crippen molar-refractivity contribution in [2.75, 3.05) is 6.54 Å². The number of aromatic nitrogens is 2. The van der Waals surface area contributed by atoms with Gasteiger partial charge in [0.1, 0.15) is 0 Å². The molecule has 2 aromatic heterocycles. The second-order valence-electron chi connectivity index (χ2n) is 6.61. The summed E-state index contributed by atoms with van der Waals surface area (Å²) in [6.45, 7) is 7.81. The highest BCUT2D eigenvalue weighted by molar-refractivity contribution is 7.15. The Morgan fingerprint density at radius 2 is 2.22 bits per heavy atom. The fourth-order valence-corrected chi connectivity index (χ4v) is 3.01. The van der Waals surface area contributed by atoms with E-state index in [9.17, 15) is 0 Å². The van der Waals surface area contributed by atoms with Gasteiger partial charge in [-0.15, -0.1) is 11.3 Å². The Labute approximate surface area is 112 Å². The van der Waals surface area contributed by atoms with E-state index in [2.05, 4.69) is 48.3 Å². The zero-order valence-corrected chi connectivity index (χ0v) is 12.2. The molecule has 0 atom stereocenters. The Hall–Kier alpha value is -0.870. The maximum Gasteiger partial charge on any atom is 0.193 e. The summed E-state index contributed by atoms with van der Waals surface area (Å²) >= 11 is 1.71. The average molecular weight is 263 g/mol. The standard InChI is InChI=1S/C14H21N3S/c1-13(2,3)15-10-14(4-5-14)8-11-9-17-6-7-18-12(17)16-11/h6-7,9,15H,4-5,8,10H2,1-3H3. The Morgan fingerprint density at radius 1 is 1.44 bits per heavy atom. The number of hydrogen-bond donors (Lipinski definition) is 1. The predicted molar refractivity (Wildman–Crippen MR) is 76.2 cm³/mol. The molecule has 4 heteroatoms. The number of hydrogen-bond acceptors (Lipinski definition) is 3. The molecule has 1 saturated carbocycles. The van der Waals surface area contributed by atoms with Gasteiger partial charge in [-0.1, -0.05) is 0 Å². The highest BCUT2D eigenvalue weighted by atomic mass is 32.1. The Balaban J connectivity index is 1.67. The summed E-state index contributed by atoms with van der Waals surface area (Å²) in [4.78, 5) is 5.81. The third-order valence-electron chi connectivity index (χ3n) is 3.65. The summed E-state index contributed by atoms with van der Waals surface area (Å²) in [5.41, 5.74) is 1.93. The lowest BCUT2D eigenvalue weighted by molar-refractivity contribution is 0.355. The highest BCUT2D eigenvalue weighted by Crippen LogP contribution is 2.48. The van der Waals surface area contributed by atoms with E-state index in [1.54, 1.807) is 11.3 Å². The van der Waals surface area contributed by atoms with Crippen LogP contribution in [0.2, 0.25) is 0 Å². The molecule has 18 heavy (non-hydrogen) atoms. The van der Waals surface area contributed by atoms with Gasteiger partial charge in [0.2, 0.25) is 0 Å². The second-order valence-corrected chi connectivity index (χ2v) is 7.48. The lowest BCUT2D eigenvalue weighted by Crippen LogP contribution is -2.40. The third-order valence-corrected chi connectivity index (χ3v) is 4.42. The first-order chi connectivity index (χ1) is 8.46. The molecule has 1 fully saturated rings. The van der Waals surface area contributed by atoms with E-state index in [-0.39, 0.29) is 5.54 Å². The molecule has 3 nitrogen and oxygen atoms in total. The molecule has 0 bridgehead atoms. The molecule has 0 aliphatic heterocycles. The van der Waals surface area contributed by atoms with Gasteiger partial charge in [0.25, 0.3) is 0 Å². The van der Waals surface area contributed by atoms with Gasteiger partial charge in [-0.2, -0.15) is 0 Å². The summed E-state index contributed by atoms with van der Waals surface area (Å²) < 4.78 is 2.13. The molecular weight excluding hydrogens is 242 g/mol. The van der Waals surface area contributed by atoms with Crippen LogP contribution in [0.15, 0.2) is 17.8 Å². The first kappa shape index (κ1) is 12.2. The van der Waals surface area contributed by atoms with Crippen molar-refractivity contribution in [3.8, 4) is 0 Å². The van der Waals surface area contributed by atoms with Crippen molar-refractivity contribution in [1.82, 2.24) is 14.7 Å². The lowest BCUT2D eigenvalue weighted by Gasteiger charge is -2.24. The molecule has 98 valence electrons. The molecular formula is C14H21N3S. The van der Waals surface area contributed by atoms with Crippen LogP contribution in [0.25, 0.3) is 4.96 Å². The van der Waals surface area contributed by atoms with Crippen LogP contribution in [0.5, 0.6) is 0 Å². The van der Waals surface area contributed by atoms with Gasteiger partial charge in [0.05, 0.1) is 5.69 Å². The topological polar surface area (TPSA) is 29.3 Å². The van der Waals surface area contributed by atoms with E-state index in [0.717, 1.165) is 17.9 Å². The minimum Gasteiger partial charge on any atom is -0.312 e. The largest absolute Gasteiger partial charge is 0.312 e. The first-order valence-electron chi connectivity index (χ1n) is 6.62. The minimum atomic E-state index is 0.212. The molecule has 1 aliphatic rings. The zero-order chi connectivity index (χ0) is 12.8. The highest BCUT2D eigenvalue weighted by Gasteiger charge is 2.43. The number of rotatable bonds is 4. The fourth-order valence-electron chi connectivity index (χ4n) is 2.29. The maximum absolute atomic E-state index is 4.70.